The largest absolute Gasteiger partial charge is 0.479 e. The molecule has 1 aromatic carbocycles. The van der Waals surface area contributed by atoms with Crippen molar-refractivity contribution in [2.24, 2.45) is 0 Å². The molecule has 1 amide bonds. The number of aromatic amines is 1. The number of carboxylic acids is 1. The quantitative estimate of drug-likeness (QED) is 0.577. The van der Waals surface area contributed by atoms with Crippen LogP contribution in [0.3, 0.4) is 0 Å². The molecule has 8 nitrogen and oxygen atoms in total. The molecule has 0 aliphatic rings. The molecule has 1 aromatic heterocycles. The predicted octanol–water partition coefficient (Wildman–Crippen LogP) is -0.477. The highest BCUT2D eigenvalue weighted by Crippen LogP contribution is 2.10. The van der Waals surface area contributed by atoms with Crippen molar-refractivity contribution in [2.45, 2.75) is 12.5 Å². The number of aliphatic hydroxyl groups is 1. The van der Waals surface area contributed by atoms with Gasteiger partial charge in [0.25, 0.3) is 5.91 Å². The van der Waals surface area contributed by atoms with Crippen molar-refractivity contribution >= 4 is 22.9 Å². The van der Waals surface area contributed by atoms with E-state index in [0.29, 0.717) is 16.6 Å². The zero-order chi connectivity index (χ0) is 13.8. The van der Waals surface area contributed by atoms with E-state index in [2.05, 4.69) is 20.7 Å². The van der Waals surface area contributed by atoms with Crippen LogP contribution in [-0.2, 0) is 4.79 Å². The lowest BCUT2D eigenvalue weighted by atomic mass is 10.2. The number of aliphatic carboxylic acids is 1. The highest BCUT2D eigenvalue weighted by atomic mass is 16.4. The second kappa shape index (κ2) is 5.44. The number of carbonyl (C=O) groups is 2. The van der Waals surface area contributed by atoms with Gasteiger partial charge in [-0.1, -0.05) is 0 Å². The van der Waals surface area contributed by atoms with E-state index in [-0.39, 0.29) is 18.9 Å². The maximum absolute atomic E-state index is 11.8. The van der Waals surface area contributed by atoms with Crippen LogP contribution >= 0.6 is 0 Å². The minimum Gasteiger partial charge on any atom is -0.479 e. The number of nitrogens with one attached hydrogen (secondary N) is 2. The van der Waals surface area contributed by atoms with E-state index < -0.39 is 12.1 Å². The molecule has 0 fully saturated rings. The molecule has 1 unspecified atom stereocenters. The van der Waals surface area contributed by atoms with Crippen molar-refractivity contribution in [1.29, 1.82) is 0 Å². The number of nitrogens with zero attached hydrogens (tertiary/aromatic N) is 2. The average molecular weight is 264 g/mol. The topological polar surface area (TPSA) is 128 Å². The summed E-state index contributed by atoms with van der Waals surface area (Å²) in [7, 11) is 0. The molecule has 0 bridgehead atoms. The summed E-state index contributed by atoms with van der Waals surface area (Å²) in [6, 6.07) is 4.81. The second-order valence-electron chi connectivity index (χ2n) is 3.93. The minimum absolute atomic E-state index is 0.0483. The number of H-pyrrole nitrogens is 1. The van der Waals surface area contributed by atoms with Gasteiger partial charge < -0.3 is 15.5 Å². The number of rotatable bonds is 5. The third-order valence-electron chi connectivity index (χ3n) is 2.57. The lowest BCUT2D eigenvalue weighted by Crippen LogP contribution is -2.30. The van der Waals surface area contributed by atoms with E-state index in [0.717, 1.165) is 0 Å². The normalized spacial score (nSPS) is 12.3. The van der Waals surface area contributed by atoms with Crippen LogP contribution in [0.1, 0.15) is 16.8 Å². The van der Waals surface area contributed by atoms with Gasteiger partial charge in [-0.15, -0.1) is 0 Å². The fourth-order valence-electron chi connectivity index (χ4n) is 1.53. The molecular formula is C11H12N4O4. The molecule has 0 spiro atoms. The summed E-state index contributed by atoms with van der Waals surface area (Å²) in [5.41, 5.74) is 1.61. The van der Waals surface area contributed by atoms with E-state index in [1.165, 1.54) is 0 Å². The van der Waals surface area contributed by atoms with Gasteiger partial charge in [-0.05, 0) is 18.2 Å². The van der Waals surface area contributed by atoms with Crippen LogP contribution in [0.25, 0.3) is 11.0 Å². The summed E-state index contributed by atoms with van der Waals surface area (Å²) >= 11 is 0. The maximum atomic E-state index is 11.8. The Kier molecular flexibility index (Phi) is 3.71. The number of fused-ring (bicyclic) bond motifs is 1. The standard InChI is InChI=1S/C11H12N4O4/c16-9(11(18)19)3-4-12-10(17)6-1-2-7-8(5-6)14-15-13-7/h1-2,5,9,16H,3-4H2,(H,12,17)(H,18,19)(H,13,14,15). The summed E-state index contributed by atoms with van der Waals surface area (Å²) in [5, 5.41) is 30.2. The van der Waals surface area contributed by atoms with Gasteiger partial charge in [0, 0.05) is 18.5 Å². The highest BCUT2D eigenvalue weighted by molar-refractivity contribution is 5.97. The van der Waals surface area contributed by atoms with E-state index in [9.17, 15) is 9.59 Å². The van der Waals surface area contributed by atoms with Gasteiger partial charge in [-0.2, -0.15) is 15.4 Å². The molecule has 8 heteroatoms. The number of amides is 1. The van der Waals surface area contributed by atoms with E-state index in [1.54, 1.807) is 18.2 Å². The maximum Gasteiger partial charge on any atom is 0.332 e. The number of benzene rings is 1. The van der Waals surface area contributed by atoms with Crippen LogP contribution < -0.4 is 5.32 Å². The summed E-state index contributed by atoms with van der Waals surface area (Å²) in [6.45, 7) is 0.0726. The van der Waals surface area contributed by atoms with Crippen LogP contribution in [0, 0.1) is 0 Å². The Morgan fingerprint density at radius 2 is 2.05 bits per heavy atom. The van der Waals surface area contributed by atoms with Gasteiger partial charge >= 0.3 is 5.97 Å². The average Bonchev–Trinajstić information content (AvgIpc) is 2.85. The molecule has 1 atom stereocenters. The van der Waals surface area contributed by atoms with E-state index in [4.69, 9.17) is 10.2 Å². The number of carbonyl (C=O) groups excluding carboxylic acids is 1. The summed E-state index contributed by atoms with van der Waals surface area (Å²) in [4.78, 5) is 22.1. The van der Waals surface area contributed by atoms with Crippen molar-refractivity contribution in [1.82, 2.24) is 20.7 Å². The zero-order valence-corrected chi connectivity index (χ0v) is 9.83. The SMILES string of the molecule is O=C(NCCC(O)C(=O)O)c1ccc2n[nH]nc2c1. The Morgan fingerprint density at radius 1 is 1.32 bits per heavy atom. The molecule has 0 saturated heterocycles. The molecule has 0 radical (unpaired) electrons. The molecule has 19 heavy (non-hydrogen) atoms. The Labute approximate surface area is 107 Å². The van der Waals surface area contributed by atoms with Gasteiger partial charge in [-0.25, -0.2) is 4.79 Å². The Bertz CT molecular complexity index is 610. The van der Waals surface area contributed by atoms with Crippen LogP contribution in [0.4, 0.5) is 0 Å². The van der Waals surface area contributed by atoms with Gasteiger partial charge in [0.2, 0.25) is 0 Å². The van der Waals surface area contributed by atoms with E-state index >= 15 is 0 Å². The van der Waals surface area contributed by atoms with Crippen LogP contribution in [0.15, 0.2) is 18.2 Å². The second-order valence-corrected chi connectivity index (χ2v) is 3.93. The molecule has 4 N–H and O–H groups in total. The Morgan fingerprint density at radius 3 is 2.79 bits per heavy atom. The lowest BCUT2D eigenvalue weighted by Gasteiger charge is -2.07. The first-order valence-corrected chi connectivity index (χ1v) is 5.57. The van der Waals surface area contributed by atoms with Crippen molar-refractivity contribution in [3.8, 4) is 0 Å². The van der Waals surface area contributed by atoms with E-state index in [1.807, 2.05) is 0 Å². The number of aromatic nitrogens is 3. The number of hydrogen-bond donors (Lipinski definition) is 4. The highest BCUT2D eigenvalue weighted by Gasteiger charge is 2.13. The first kappa shape index (κ1) is 13.0. The van der Waals surface area contributed by atoms with Gasteiger partial charge in [0.15, 0.2) is 6.10 Å². The zero-order valence-electron chi connectivity index (χ0n) is 9.83. The van der Waals surface area contributed by atoms with Crippen molar-refractivity contribution in [2.75, 3.05) is 6.54 Å². The van der Waals surface area contributed by atoms with Crippen LogP contribution in [-0.4, -0.2) is 50.1 Å². The molecule has 0 aliphatic carbocycles. The van der Waals surface area contributed by atoms with Crippen molar-refractivity contribution in [3.05, 3.63) is 23.8 Å². The minimum atomic E-state index is -1.47. The molecule has 2 rings (SSSR count). The first-order chi connectivity index (χ1) is 9.08. The molecular weight excluding hydrogens is 252 g/mol. The van der Waals surface area contributed by atoms with Crippen LogP contribution in [0.2, 0.25) is 0 Å². The number of aliphatic hydroxyl groups excluding tert-OH is 1. The monoisotopic (exact) mass is 264 g/mol. The third kappa shape index (κ3) is 3.05. The third-order valence-corrected chi connectivity index (χ3v) is 2.57. The van der Waals surface area contributed by atoms with Gasteiger partial charge in [0.05, 0.1) is 0 Å². The summed E-state index contributed by atoms with van der Waals surface area (Å²) in [5.74, 6) is -1.67. The molecule has 2 aromatic rings. The Hall–Kier alpha value is -2.48. The van der Waals surface area contributed by atoms with Crippen molar-refractivity contribution < 1.29 is 19.8 Å². The van der Waals surface area contributed by atoms with Gasteiger partial charge in [0.1, 0.15) is 11.0 Å². The number of hydrogen-bond acceptors (Lipinski definition) is 5. The van der Waals surface area contributed by atoms with Crippen molar-refractivity contribution in [3.63, 3.8) is 0 Å². The predicted molar refractivity (Wildman–Crippen MR) is 64.5 cm³/mol. The smallest absolute Gasteiger partial charge is 0.332 e. The molecule has 100 valence electrons. The Balaban J connectivity index is 1.94. The summed E-state index contributed by atoms with van der Waals surface area (Å²) < 4.78 is 0. The molecule has 1 heterocycles. The fraction of sp³-hybridized carbons (Fsp3) is 0.273. The lowest BCUT2D eigenvalue weighted by molar-refractivity contribution is -0.146. The number of carboxylic acid groups (broad SMARTS) is 1. The molecule has 0 aliphatic heterocycles. The first-order valence-electron chi connectivity index (χ1n) is 5.57. The molecule has 0 saturated carbocycles. The summed E-state index contributed by atoms with van der Waals surface area (Å²) in [6.07, 6.45) is -1.52. The van der Waals surface area contributed by atoms with Gasteiger partial charge in [-0.3, -0.25) is 4.79 Å². The fourth-order valence-corrected chi connectivity index (χ4v) is 1.53. The van der Waals surface area contributed by atoms with Crippen LogP contribution in [0.5, 0.6) is 0 Å².